The Bertz CT molecular complexity index is 370. The van der Waals surface area contributed by atoms with E-state index in [0.29, 0.717) is 0 Å². The van der Waals surface area contributed by atoms with Gasteiger partial charge in [-0.25, -0.2) is 4.99 Å². The van der Waals surface area contributed by atoms with E-state index in [1.165, 1.54) is 25.1 Å². The van der Waals surface area contributed by atoms with E-state index in [1.54, 1.807) is 0 Å². The molecule has 1 aromatic carbocycles. The number of halogens is 1. The van der Waals surface area contributed by atoms with Gasteiger partial charge >= 0.3 is 0 Å². The predicted molar refractivity (Wildman–Crippen MR) is 69.6 cm³/mol. The second kappa shape index (κ2) is 5.35. The molecule has 1 saturated heterocycles. The van der Waals surface area contributed by atoms with Crippen LogP contribution < -0.4 is 0 Å². The molecule has 0 saturated carbocycles. The molecule has 0 spiro atoms. The molecule has 1 heterocycles. The van der Waals surface area contributed by atoms with Crippen LogP contribution in [0.4, 0.5) is 5.69 Å². The Hall–Kier alpha value is -1.02. The Morgan fingerprint density at radius 2 is 1.88 bits per heavy atom. The molecule has 2 nitrogen and oxygen atoms in total. The summed E-state index contributed by atoms with van der Waals surface area (Å²) in [4.78, 5) is 6.95. The molecule has 0 N–H and O–H groups in total. The third kappa shape index (κ3) is 2.99. The van der Waals surface area contributed by atoms with Crippen LogP contribution in [0.5, 0.6) is 0 Å². The maximum Gasteiger partial charge on any atom is 0.105 e. The average molecular weight is 237 g/mol. The summed E-state index contributed by atoms with van der Waals surface area (Å²) >= 11 is 5.85. The second-order valence-electron chi connectivity index (χ2n) is 4.24. The Morgan fingerprint density at radius 1 is 1.12 bits per heavy atom. The van der Waals surface area contributed by atoms with E-state index in [9.17, 15) is 0 Å². The van der Waals surface area contributed by atoms with Crippen molar-refractivity contribution in [3.05, 3.63) is 29.3 Å². The largest absolute Gasteiger partial charge is 0.363 e. The van der Waals surface area contributed by atoms with Crippen LogP contribution in [-0.4, -0.2) is 24.3 Å². The van der Waals surface area contributed by atoms with Gasteiger partial charge in [-0.1, -0.05) is 18.0 Å². The molecule has 2 rings (SSSR count). The van der Waals surface area contributed by atoms with Crippen molar-refractivity contribution in [2.75, 3.05) is 13.6 Å². The van der Waals surface area contributed by atoms with Crippen molar-refractivity contribution in [1.29, 1.82) is 0 Å². The summed E-state index contributed by atoms with van der Waals surface area (Å²) in [6.45, 7) is 1.12. The molecule has 0 amide bonds. The first kappa shape index (κ1) is 11.5. The van der Waals surface area contributed by atoms with Crippen molar-refractivity contribution in [3.8, 4) is 0 Å². The van der Waals surface area contributed by atoms with Crippen molar-refractivity contribution in [2.24, 2.45) is 4.99 Å². The van der Waals surface area contributed by atoms with Crippen LogP contribution in [0.15, 0.2) is 29.3 Å². The van der Waals surface area contributed by atoms with Gasteiger partial charge in [-0.2, -0.15) is 0 Å². The smallest absolute Gasteiger partial charge is 0.105 e. The normalized spacial score (nSPS) is 19.9. The fraction of sp³-hybridized carbons (Fsp3) is 0.462. The number of likely N-dealkylation sites (tertiary alicyclic amines) is 1. The Morgan fingerprint density at radius 3 is 2.62 bits per heavy atom. The van der Waals surface area contributed by atoms with Gasteiger partial charge in [0.1, 0.15) is 5.84 Å². The SMILES string of the molecule is CN1CCCCCC1=Nc1ccc(Cl)cc1. The molecule has 0 aromatic heterocycles. The Kier molecular flexibility index (Phi) is 3.83. The van der Waals surface area contributed by atoms with Crippen LogP contribution in [0.3, 0.4) is 0 Å². The first-order valence-electron chi connectivity index (χ1n) is 5.80. The van der Waals surface area contributed by atoms with E-state index < -0.39 is 0 Å². The van der Waals surface area contributed by atoms with Crippen LogP contribution in [0.1, 0.15) is 25.7 Å². The number of amidine groups is 1. The third-order valence-electron chi connectivity index (χ3n) is 2.92. The molecular weight excluding hydrogens is 220 g/mol. The first-order valence-corrected chi connectivity index (χ1v) is 6.18. The molecule has 1 aromatic rings. The number of nitrogens with zero attached hydrogens (tertiary/aromatic N) is 2. The van der Waals surface area contributed by atoms with E-state index in [2.05, 4.69) is 16.9 Å². The monoisotopic (exact) mass is 236 g/mol. The minimum Gasteiger partial charge on any atom is -0.363 e. The molecule has 0 radical (unpaired) electrons. The molecule has 3 heteroatoms. The highest BCUT2D eigenvalue weighted by molar-refractivity contribution is 6.30. The maximum atomic E-state index is 5.85. The summed E-state index contributed by atoms with van der Waals surface area (Å²) in [5.41, 5.74) is 0.994. The van der Waals surface area contributed by atoms with Crippen LogP contribution in [0, 0.1) is 0 Å². The van der Waals surface area contributed by atoms with E-state index in [0.717, 1.165) is 23.7 Å². The highest BCUT2D eigenvalue weighted by atomic mass is 35.5. The molecular formula is C13H17ClN2. The summed E-state index contributed by atoms with van der Waals surface area (Å²) in [6.07, 6.45) is 4.91. The first-order chi connectivity index (χ1) is 7.75. The van der Waals surface area contributed by atoms with Gasteiger partial charge in [0.05, 0.1) is 5.69 Å². The second-order valence-corrected chi connectivity index (χ2v) is 4.67. The highest BCUT2D eigenvalue weighted by Crippen LogP contribution is 2.19. The molecule has 1 fully saturated rings. The molecule has 0 atom stereocenters. The van der Waals surface area contributed by atoms with Gasteiger partial charge in [0, 0.05) is 25.0 Å². The third-order valence-corrected chi connectivity index (χ3v) is 3.17. The summed E-state index contributed by atoms with van der Waals surface area (Å²) in [7, 11) is 2.13. The van der Waals surface area contributed by atoms with Crippen LogP contribution >= 0.6 is 11.6 Å². The molecule has 1 aliphatic rings. The van der Waals surface area contributed by atoms with Crippen LogP contribution in [0.25, 0.3) is 0 Å². The lowest BCUT2D eigenvalue weighted by Gasteiger charge is -2.18. The van der Waals surface area contributed by atoms with E-state index >= 15 is 0 Å². The van der Waals surface area contributed by atoms with E-state index in [-0.39, 0.29) is 0 Å². The van der Waals surface area contributed by atoms with Crippen molar-refractivity contribution < 1.29 is 0 Å². The van der Waals surface area contributed by atoms with Gasteiger partial charge in [-0.3, -0.25) is 0 Å². The lowest BCUT2D eigenvalue weighted by molar-refractivity contribution is 0.494. The van der Waals surface area contributed by atoms with Crippen LogP contribution in [-0.2, 0) is 0 Å². The van der Waals surface area contributed by atoms with Crippen molar-refractivity contribution in [1.82, 2.24) is 4.90 Å². The minimum absolute atomic E-state index is 0.762. The quantitative estimate of drug-likeness (QED) is 0.723. The van der Waals surface area contributed by atoms with E-state index in [4.69, 9.17) is 11.6 Å². The van der Waals surface area contributed by atoms with Gasteiger partial charge in [0.25, 0.3) is 0 Å². The molecule has 0 bridgehead atoms. The zero-order valence-electron chi connectivity index (χ0n) is 9.62. The zero-order chi connectivity index (χ0) is 11.4. The Labute approximate surface area is 102 Å². The predicted octanol–water partition coefficient (Wildman–Crippen LogP) is 3.88. The lowest BCUT2D eigenvalue weighted by Crippen LogP contribution is -2.25. The average Bonchev–Trinajstić information content (AvgIpc) is 2.48. The summed E-state index contributed by atoms with van der Waals surface area (Å²) in [5.74, 6) is 1.19. The standard InChI is InChI=1S/C13H17ClN2/c1-16-10-4-2-3-5-13(16)15-12-8-6-11(14)7-9-12/h6-9H,2-5,10H2,1H3. The minimum atomic E-state index is 0.762. The highest BCUT2D eigenvalue weighted by Gasteiger charge is 2.10. The topological polar surface area (TPSA) is 15.6 Å². The molecule has 16 heavy (non-hydrogen) atoms. The number of rotatable bonds is 1. The summed E-state index contributed by atoms with van der Waals surface area (Å²) in [6, 6.07) is 7.71. The van der Waals surface area contributed by atoms with Gasteiger partial charge in [-0.05, 0) is 37.1 Å². The van der Waals surface area contributed by atoms with Gasteiger partial charge in [0.2, 0.25) is 0 Å². The Balaban J connectivity index is 2.17. The van der Waals surface area contributed by atoms with Gasteiger partial charge < -0.3 is 4.90 Å². The summed E-state index contributed by atoms with van der Waals surface area (Å²) in [5, 5.41) is 0.762. The fourth-order valence-corrected chi connectivity index (χ4v) is 2.06. The van der Waals surface area contributed by atoms with E-state index in [1.807, 2.05) is 24.3 Å². The van der Waals surface area contributed by atoms with Crippen molar-refractivity contribution in [3.63, 3.8) is 0 Å². The zero-order valence-corrected chi connectivity index (χ0v) is 10.4. The molecule has 0 aliphatic carbocycles. The van der Waals surface area contributed by atoms with Crippen molar-refractivity contribution >= 4 is 23.1 Å². The van der Waals surface area contributed by atoms with Gasteiger partial charge in [0.15, 0.2) is 0 Å². The molecule has 86 valence electrons. The van der Waals surface area contributed by atoms with Crippen LogP contribution in [0.2, 0.25) is 5.02 Å². The fourth-order valence-electron chi connectivity index (χ4n) is 1.93. The van der Waals surface area contributed by atoms with Crippen molar-refractivity contribution in [2.45, 2.75) is 25.7 Å². The number of aliphatic imine (C=N–C) groups is 1. The molecule has 1 aliphatic heterocycles. The van der Waals surface area contributed by atoms with Gasteiger partial charge in [-0.15, -0.1) is 0 Å². The number of hydrogen-bond acceptors (Lipinski definition) is 1. The molecule has 0 unspecified atom stereocenters. The number of benzene rings is 1. The maximum absolute atomic E-state index is 5.85. The lowest BCUT2D eigenvalue weighted by atomic mass is 10.2. The number of hydrogen-bond donors (Lipinski definition) is 0. The summed E-state index contributed by atoms with van der Waals surface area (Å²) < 4.78 is 0.